The molecular formula is C19H27F. The summed E-state index contributed by atoms with van der Waals surface area (Å²) in [5.74, 6) is 1.42. The zero-order chi connectivity index (χ0) is 14.2. The highest BCUT2D eigenvalue weighted by Crippen LogP contribution is 2.37. The summed E-state index contributed by atoms with van der Waals surface area (Å²) in [5, 5.41) is 0. The molecule has 2 rings (SSSR count). The minimum atomic E-state index is 0.696. The first-order chi connectivity index (χ1) is 9.83. The van der Waals surface area contributed by atoms with E-state index in [0.717, 1.165) is 12.3 Å². The molecule has 0 nitrogen and oxygen atoms in total. The maximum Gasteiger partial charge on any atom is 0.0827 e. The number of rotatable bonds is 6. The van der Waals surface area contributed by atoms with Crippen molar-refractivity contribution in [2.24, 2.45) is 5.92 Å². The lowest BCUT2D eigenvalue weighted by Gasteiger charge is -2.28. The van der Waals surface area contributed by atoms with E-state index >= 15 is 0 Å². The predicted octanol–water partition coefficient (Wildman–Crippen LogP) is 6.18. The van der Waals surface area contributed by atoms with E-state index in [2.05, 4.69) is 31.2 Å². The van der Waals surface area contributed by atoms with Crippen LogP contribution >= 0.6 is 0 Å². The van der Waals surface area contributed by atoms with Crippen LogP contribution in [-0.2, 0) is 6.42 Å². The van der Waals surface area contributed by atoms with Crippen LogP contribution in [0.5, 0.6) is 0 Å². The average Bonchev–Trinajstić information content (AvgIpc) is 2.52. The molecule has 0 bridgehead atoms. The Balaban J connectivity index is 1.84. The van der Waals surface area contributed by atoms with Crippen molar-refractivity contribution in [3.05, 3.63) is 47.8 Å². The summed E-state index contributed by atoms with van der Waals surface area (Å²) in [6, 6.07) is 9.28. The first kappa shape index (κ1) is 15.3. The highest BCUT2D eigenvalue weighted by atomic mass is 19.1. The maximum atomic E-state index is 12.0. The second-order valence-corrected chi connectivity index (χ2v) is 6.16. The summed E-state index contributed by atoms with van der Waals surface area (Å²) >= 11 is 0. The Bertz CT molecular complexity index is 396. The monoisotopic (exact) mass is 274 g/mol. The second kappa shape index (κ2) is 8.24. The lowest BCUT2D eigenvalue weighted by Crippen LogP contribution is -2.12. The van der Waals surface area contributed by atoms with Crippen LogP contribution in [0.1, 0.15) is 68.9 Å². The van der Waals surface area contributed by atoms with Crippen molar-refractivity contribution in [3.63, 3.8) is 0 Å². The van der Waals surface area contributed by atoms with Gasteiger partial charge in [-0.25, -0.2) is 4.39 Å². The first-order valence-corrected chi connectivity index (χ1v) is 8.17. The molecule has 1 aliphatic carbocycles. The average molecular weight is 274 g/mol. The molecule has 1 aromatic rings. The van der Waals surface area contributed by atoms with E-state index < -0.39 is 0 Å². The van der Waals surface area contributed by atoms with Gasteiger partial charge in [0.15, 0.2) is 0 Å². The van der Waals surface area contributed by atoms with Crippen molar-refractivity contribution in [3.8, 4) is 0 Å². The van der Waals surface area contributed by atoms with Gasteiger partial charge in [-0.1, -0.05) is 43.7 Å². The van der Waals surface area contributed by atoms with E-state index in [-0.39, 0.29) is 0 Å². The number of benzene rings is 1. The fourth-order valence-corrected chi connectivity index (χ4v) is 3.31. The Morgan fingerprint density at radius 2 is 1.80 bits per heavy atom. The van der Waals surface area contributed by atoms with Gasteiger partial charge in [-0.15, -0.1) is 0 Å². The quantitative estimate of drug-likeness (QED) is 0.581. The predicted molar refractivity (Wildman–Crippen MR) is 84.6 cm³/mol. The molecule has 1 aromatic carbocycles. The number of hydrogen-bond donors (Lipinski definition) is 0. The zero-order valence-corrected chi connectivity index (χ0v) is 12.7. The van der Waals surface area contributed by atoms with Gasteiger partial charge in [-0.3, -0.25) is 0 Å². The minimum absolute atomic E-state index is 0.696. The molecule has 0 unspecified atom stereocenters. The van der Waals surface area contributed by atoms with Crippen molar-refractivity contribution in [2.45, 2.75) is 64.2 Å². The van der Waals surface area contributed by atoms with Gasteiger partial charge in [0.25, 0.3) is 0 Å². The van der Waals surface area contributed by atoms with Gasteiger partial charge in [0.2, 0.25) is 0 Å². The molecule has 0 aliphatic heterocycles. The van der Waals surface area contributed by atoms with Crippen LogP contribution in [-0.4, -0.2) is 0 Å². The molecule has 1 aliphatic rings. The van der Waals surface area contributed by atoms with Crippen molar-refractivity contribution in [1.82, 2.24) is 0 Å². The van der Waals surface area contributed by atoms with E-state index in [1.165, 1.54) is 56.1 Å². The minimum Gasteiger partial charge on any atom is -0.216 e. The smallest absolute Gasteiger partial charge is 0.0827 e. The van der Waals surface area contributed by atoms with Crippen molar-refractivity contribution < 1.29 is 4.39 Å². The molecule has 0 N–H and O–H groups in total. The Morgan fingerprint density at radius 1 is 1.10 bits per heavy atom. The van der Waals surface area contributed by atoms with Crippen molar-refractivity contribution in [1.29, 1.82) is 0 Å². The molecule has 0 saturated heterocycles. The summed E-state index contributed by atoms with van der Waals surface area (Å²) in [4.78, 5) is 0. The summed E-state index contributed by atoms with van der Waals surface area (Å²) in [6.07, 6.45) is 12.1. The van der Waals surface area contributed by atoms with E-state index in [4.69, 9.17) is 0 Å². The Morgan fingerprint density at radius 3 is 2.40 bits per heavy atom. The van der Waals surface area contributed by atoms with Gasteiger partial charge < -0.3 is 0 Å². The Hall–Kier alpha value is -1.11. The Labute approximate surface area is 123 Å². The van der Waals surface area contributed by atoms with Gasteiger partial charge in [0.05, 0.1) is 6.33 Å². The molecule has 0 radical (unpaired) electrons. The van der Waals surface area contributed by atoms with Crippen molar-refractivity contribution >= 4 is 0 Å². The lowest BCUT2D eigenvalue weighted by molar-refractivity contribution is 0.327. The first-order valence-electron chi connectivity index (χ1n) is 8.17. The van der Waals surface area contributed by atoms with E-state index in [1.54, 1.807) is 6.08 Å². The third-order valence-corrected chi connectivity index (χ3v) is 4.68. The summed E-state index contributed by atoms with van der Waals surface area (Å²) in [5.41, 5.74) is 2.97. The molecule has 0 atom stereocenters. The fourth-order valence-electron chi connectivity index (χ4n) is 3.31. The van der Waals surface area contributed by atoms with Gasteiger partial charge in [-0.2, -0.15) is 0 Å². The van der Waals surface area contributed by atoms with Crippen LogP contribution in [0.15, 0.2) is 36.7 Å². The van der Waals surface area contributed by atoms with E-state index in [9.17, 15) is 4.39 Å². The number of halogens is 1. The molecule has 20 heavy (non-hydrogen) atoms. The van der Waals surface area contributed by atoms with Gasteiger partial charge in [0, 0.05) is 0 Å². The SMILES string of the molecule is CCCCc1ccc(C2CCC(CC=CF)CC2)cc1. The third-order valence-electron chi connectivity index (χ3n) is 4.68. The third kappa shape index (κ3) is 4.47. The normalized spacial score (nSPS) is 23.3. The molecule has 1 saturated carbocycles. The summed E-state index contributed by atoms with van der Waals surface area (Å²) in [7, 11) is 0. The van der Waals surface area contributed by atoms with Crippen LogP contribution in [0.4, 0.5) is 4.39 Å². The fraction of sp³-hybridized carbons (Fsp3) is 0.579. The Kier molecular flexibility index (Phi) is 6.29. The number of allylic oxidation sites excluding steroid dienone is 1. The second-order valence-electron chi connectivity index (χ2n) is 6.16. The molecule has 0 aromatic heterocycles. The number of unbranched alkanes of at least 4 members (excludes halogenated alkanes) is 1. The lowest BCUT2D eigenvalue weighted by atomic mass is 9.77. The standard InChI is InChI=1S/C19H27F/c1-2-3-5-16-7-11-18(12-8-16)19-13-9-17(10-14-19)6-4-15-20/h4,7-8,11-12,15,17,19H,2-3,5-6,9-10,13-14H2,1H3. The molecule has 0 heterocycles. The van der Waals surface area contributed by atoms with Gasteiger partial charge in [0.1, 0.15) is 0 Å². The number of hydrogen-bond acceptors (Lipinski definition) is 0. The molecule has 1 heteroatoms. The van der Waals surface area contributed by atoms with Crippen LogP contribution in [0.2, 0.25) is 0 Å². The van der Waals surface area contributed by atoms with Gasteiger partial charge >= 0.3 is 0 Å². The maximum absolute atomic E-state index is 12.0. The van der Waals surface area contributed by atoms with Crippen LogP contribution < -0.4 is 0 Å². The number of aryl methyl sites for hydroxylation is 1. The highest BCUT2D eigenvalue weighted by molar-refractivity contribution is 5.26. The van der Waals surface area contributed by atoms with Gasteiger partial charge in [-0.05, 0) is 67.9 Å². The van der Waals surface area contributed by atoms with Crippen molar-refractivity contribution in [2.75, 3.05) is 0 Å². The molecular weight excluding hydrogens is 247 g/mol. The summed E-state index contributed by atoms with van der Waals surface area (Å²) < 4.78 is 12.0. The molecule has 110 valence electrons. The molecule has 1 fully saturated rings. The van der Waals surface area contributed by atoms with Crippen LogP contribution in [0.3, 0.4) is 0 Å². The van der Waals surface area contributed by atoms with Crippen LogP contribution in [0, 0.1) is 5.92 Å². The highest BCUT2D eigenvalue weighted by Gasteiger charge is 2.21. The topological polar surface area (TPSA) is 0 Å². The van der Waals surface area contributed by atoms with Crippen LogP contribution in [0.25, 0.3) is 0 Å². The molecule has 0 amide bonds. The summed E-state index contributed by atoms with van der Waals surface area (Å²) in [6.45, 7) is 2.24. The van der Waals surface area contributed by atoms with E-state index in [0.29, 0.717) is 12.2 Å². The van der Waals surface area contributed by atoms with E-state index in [1.807, 2.05) is 0 Å². The molecule has 0 spiro atoms. The largest absolute Gasteiger partial charge is 0.216 e. The zero-order valence-electron chi connectivity index (χ0n) is 12.7.